The van der Waals surface area contributed by atoms with Crippen molar-refractivity contribution in [1.82, 2.24) is 9.97 Å². The van der Waals surface area contributed by atoms with Crippen molar-refractivity contribution in [2.45, 2.75) is 0 Å². The molecule has 2 aromatic heterocycles. The molecule has 0 spiro atoms. The Kier molecular flexibility index (Phi) is 3.10. The Bertz CT molecular complexity index is 611. The maximum atomic E-state index is 10.8. The number of aromatic amines is 1. The molecule has 0 amide bonds. The molecule has 0 bridgehead atoms. The number of hydrogen-bond acceptors (Lipinski definition) is 5. The molecule has 6 nitrogen and oxygen atoms in total. The van der Waals surface area contributed by atoms with Crippen LogP contribution in [0.5, 0.6) is 0 Å². The summed E-state index contributed by atoms with van der Waals surface area (Å²) in [5, 5.41) is 13.6. The molecule has 0 aliphatic carbocycles. The first-order valence-corrected chi connectivity index (χ1v) is 5.13. The van der Waals surface area contributed by atoms with Gasteiger partial charge in [0.05, 0.1) is 10.6 Å². The maximum Gasteiger partial charge on any atom is 0.311 e. The summed E-state index contributed by atoms with van der Waals surface area (Å²) in [6, 6.07) is 6.35. The van der Waals surface area contributed by atoms with Crippen molar-refractivity contribution in [2.24, 2.45) is 0 Å². The first kappa shape index (κ1) is 11.2. The molecule has 2 rings (SSSR count). The maximum absolute atomic E-state index is 10.8. The highest BCUT2D eigenvalue weighted by atomic mass is 32.1. The fourth-order valence-electron chi connectivity index (χ4n) is 1.29. The highest BCUT2D eigenvalue weighted by Crippen LogP contribution is 2.24. The van der Waals surface area contributed by atoms with Crippen LogP contribution in [0, 0.1) is 14.8 Å². The topological polar surface area (TPSA) is 83.8 Å². The minimum absolute atomic E-state index is 0.0919. The van der Waals surface area contributed by atoms with Gasteiger partial charge in [-0.1, -0.05) is 12.2 Å². The highest BCUT2D eigenvalue weighted by molar-refractivity contribution is 7.71. The van der Waals surface area contributed by atoms with Crippen molar-refractivity contribution < 1.29 is 4.92 Å². The van der Waals surface area contributed by atoms with Gasteiger partial charge in [-0.15, -0.1) is 0 Å². The molecule has 2 heterocycles. The molecule has 0 saturated carbocycles. The molecule has 0 aromatic carbocycles. The highest BCUT2D eigenvalue weighted by Gasteiger charge is 2.14. The average Bonchev–Trinajstić information content (AvgIpc) is 2.32. The van der Waals surface area contributed by atoms with Crippen LogP contribution in [0.25, 0.3) is 0 Å². The number of pyridine rings is 2. The Hall–Kier alpha value is -2.28. The van der Waals surface area contributed by atoms with Gasteiger partial charge in [-0.3, -0.25) is 10.1 Å². The molecular weight excluding hydrogens is 240 g/mol. The zero-order valence-corrected chi connectivity index (χ0v) is 9.40. The normalized spacial score (nSPS) is 9.88. The third-order valence-corrected chi connectivity index (χ3v) is 2.39. The van der Waals surface area contributed by atoms with Crippen molar-refractivity contribution in [3.05, 3.63) is 51.4 Å². The number of nitro groups is 1. The lowest BCUT2D eigenvalue weighted by Crippen LogP contribution is -1.99. The largest absolute Gasteiger partial charge is 0.351 e. The molecule has 0 saturated heterocycles. The fourth-order valence-corrected chi connectivity index (χ4v) is 1.48. The zero-order valence-electron chi connectivity index (χ0n) is 8.58. The van der Waals surface area contributed by atoms with Crippen LogP contribution in [0.1, 0.15) is 0 Å². The van der Waals surface area contributed by atoms with E-state index in [4.69, 9.17) is 12.2 Å². The van der Waals surface area contributed by atoms with Crippen molar-refractivity contribution in [2.75, 3.05) is 5.32 Å². The van der Waals surface area contributed by atoms with E-state index in [1.54, 1.807) is 18.3 Å². The monoisotopic (exact) mass is 248 g/mol. The van der Waals surface area contributed by atoms with Gasteiger partial charge in [-0.2, -0.15) is 0 Å². The minimum Gasteiger partial charge on any atom is -0.351 e. The number of rotatable bonds is 3. The standard InChI is InChI=1S/C10H8N4O2S/c15-14(16)8-4-2-5-11-9(8)13-7-3-1-6-12-10(7)17/h1-6H,(H,11,13)(H,12,17). The Labute approximate surface area is 101 Å². The van der Waals surface area contributed by atoms with Crippen LogP contribution in [0.3, 0.4) is 0 Å². The van der Waals surface area contributed by atoms with Gasteiger partial charge in [-0.25, -0.2) is 4.98 Å². The Morgan fingerprint density at radius 3 is 2.94 bits per heavy atom. The Morgan fingerprint density at radius 1 is 1.41 bits per heavy atom. The zero-order chi connectivity index (χ0) is 12.3. The molecule has 0 unspecified atom stereocenters. The van der Waals surface area contributed by atoms with Crippen LogP contribution in [0.15, 0.2) is 36.7 Å². The minimum atomic E-state index is -0.495. The smallest absolute Gasteiger partial charge is 0.311 e. The molecule has 86 valence electrons. The second kappa shape index (κ2) is 4.71. The lowest BCUT2D eigenvalue weighted by molar-refractivity contribution is -0.384. The molecule has 17 heavy (non-hydrogen) atoms. The van der Waals surface area contributed by atoms with Gasteiger partial charge in [0.15, 0.2) is 0 Å². The summed E-state index contributed by atoms with van der Waals surface area (Å²) in [5.74, 6) is 0.170. The third kappa shape index (κ3) is 2.45. The molecule has 0 aliphatic heterocycles. The predicted octanol–water partition coefficient (Wildman–Crippen LogP) is 2.79. The summed E-state index contributed by atoms with van der Waals surface area (Å²) in [5.41, 5.74) is 0.482. The van der Waals surface area contributed by atoms with E-state index in [1.807, 2.05) is 0 Å². The van der Waals surface area contributed by atoms with Crippen molar-refractivity contribution in [3.63, 3.8) is 0 Å². The van der Waals surface area contributed by atoms with Crippen molar-refractivity contribution >= 4 is 29.4 Å². The van der Waals surface area contributed by atoms with E-state index in [0.717, 1.165) is 0 Å². The van der Waals surface area contributed by atoms with E-state index in [-0.39, 0.29) is 11.5 Å². The molecular formula is C10H8N4O2S. The number of hydrogen-bond donors (Lipinski definition) is 2. The van der Waals surface area contributed by atoms with Crippen LogP contribution >= 0.6 is 12.2 Å². The second-order valence-corrected chi connectivity index (χ2v) is 3.57. The van der Waals surface area contributed by atoms with E-state index in [1.165, 1.54) is 18.3 Å². The van der Waals surface area contributed by atoms with Gasteiger partial charge < -0.3 is 10.3 Å². The van der Waals surface area contributed by atoms with Gasteiger partial charge in [0.25, 0.3) is 0 Å². The van der Waals surface area contributed by atoms with Gasteiger partial charge in [-0.05, 0) is 18.2 Å². The summed E-state index contributed by atoms with van der Waals surface area (Å²) in [4.78, 5) is 17.0. The predicted molar refractivity (Wildman–Crippen MR) is 65.8 cm³/mol. The lowest BCUT2D eigenvalue weighted by atomic mass is 10.3. The van der Waals surface area contributed by atoms with Crippen LogP contribution in [0.4, 0.5) is 17.2 Å². The van der Waals surface area contributed by atoms with Gasteiger partial charge in [0.1, 0.15) is 4.64 Å². The van der Waals surface area contributed by atoms with Crippen LogP contribution in [-0.4, -0.2) is 14.9 Å². The van der Waals surface area contributed by atoms with Crippen LogP contribution < -0.4 is 5.32 Å². The van der Waals surface area contributed by atoms with Gasteiger partial charge >= 0.3 is 5.69 Å². The quantitative estimate of drug-likeness (QED) is 0.495. The summed E-state index contributed by atoms with van der Waals surface area (Å²) in [6.07, 6.45) is 3.16. The van der Waals surface area contributed by atoms with Gasteiger partial charge in [0.2, 0.25) is 5.82 Å². The lowest BCUT2D eigenvalue weighted by Gasteiger charge is -2.05. The Morgan fingerprint density at radius 2 is 2.24 bits per heavy atom. The van der Waals surface area contributed by atoms with Crippen LogP contribution in [-0.2, 0) is 0 Å². The van der Waals surface area contributed by atoms with Crippen molar-refractivity contribution in [3.8, 4) is 0 Å². The molecule has 2 aromatic rings. The third-order valence-electron chi connectivity index (χ3n) is 2.05. The molecule has 0 aliphatic rings. The first-order chi connectivity index (χ1) is 8.18. The number of aromatic nitrogens is 2. The SMILES string of the molecule is O=[N+]([O-])c1cccnc1Nc1ccc[nH]c1=S. The summed E-state index contributed by atoms with van der Waals surface area (Å²) < 4.78 is 0.465. The number of nitrogens with zero attached hydrogens (tertiary/aromatic N) is 2. The summed E-state index contributed by atoms with van der Waals surface area (Å²) in [6.45, 7) is 0. The number of H-pyrrole nitrogens is 1. The van der Waals surface area contributed by atoms with E-state index >= 15 is 0 Å². The fraction of sp³-hybridized carbons (Fsp3) is 0. The Balaban J connectivity index is 2.40. The molecule has 2 N–H and O–H groups in total. The summed E-state index contributed by atoms with van der Waals surface area (Å²) >= 11 is 5.04. The molecule has 0 fully saturated rings. The molecule has 0 radical (unpaired) electrons. The number of nitrogens with one attached hydrogen (secondary N) is 2. The summed E-state index contributed by atoms with van der Waals surface area (Å²) in [7, 11) is 0. The van der Waals surface area contributed by atoms with E-state index in [2.05, 4.69) is 15.3 Å². The van der Waals surface area contributed by atoms with Crippen molar-refractivity contribution in [1.29, 1.82) is 0 Å². The molecule has 0 atom stereocenters. The first-order valence-electron chi connectivity index (χ1n) is 4.72. The van der Waals surface area contributed by atoms with Crippen LogP contribution in [0.2, 0.25) is 0 Å². The average molecular weight is 248 g/mol. The second-order valence-electron chi connectivity index (χ2n) is 3.17. The number of anilines is 2. The van der Waals surface area contributed by atoms with E-state index < -0.39 is 4.92 Å². The molecule has 7 heteroatoms. The van der Waals surface area contributed by atoms with E-state index in [0.29, 0.717) is 10.3 Å². The van der Waals surface area contributed by atoms with Gasteiger partial charge in [0, 0.05) is 18.5 Å². The van der Waals surface area contributed by atoms with E-state index in [9.17, 15) is 10.1 Å².